The minimum Gasteiger partial charge on any atom is -0.365 e. The van der Waals surface area contributed by atoms with Crippen LogP contribution in [0.15, 0.2) is 43.4 Å². The molecular weight excluding hydrogens is 450 g/mol. The Morgan fingerprint density at radius 3 is 2.20 bits per heavy atom. The number of hydrogen-bond acceptors (Lipinski definition) is 5. The second-order valence-electron chi connectivity index (χ2n) is 9.14. The smallest absolute Gasteiger partial charge is 0.331 e. The van der Waals surface area contributed by atoms with Gasteiger partial charge >= 0.3 is 11.4 Å². The Morgan fingerprint density at radius 2 is 1.51 bits per heavy atom. The molecule has 0 radical (unpaired) electrons. The first-order valence-corrected chi connectivity index (χ1v) is 11.3. The van der Waals surface area contributed by atoms with E-state index in [1.165, 1.54) is 23.2 Å². The largest absolute Gasteiger partial charge is 0.365 e. The molecule has 1 aliphatic rings. The lowest BCUT2D eigenvalue weighted by Gasteiger charge is -2.28. The number of hydrogen-bond donors (Lipinski definition) is 0. The van der Waals surface area contributed by atoms with Crippen LogP contribution in [-0.2, 0) is 39.5 Å². The van der Waals surface area contributed by atoms with E-state index in [1.807, 2.05) is 35.8 Å². The molecule has 10 nitrogen and oxygen atoms in total. The van der Waals surface area contributed by atoms with E-state index < -0.39 is 28.6 Å². The highest BCUT2D eigenvalue weighted by atomic mass is 16.5. The summed E-state index contributed by atoms with van der Waals surface area (Å²) >= 11 is 0. The molecule has 5 rings (SSSR count). The van der Waals surface area contributed by atoms with E-state index in [0.29, 0.717) is 40.1 Å². The van der Waals surface area contributed by atoms with Crippen LogP contribution >= 0.6 is 0 Å². The number of benzene rings is 1. The lowest BCUT2D eigenvalue weighted by Crippen LogP contribution is -2.42. The molecule has 0 N–H and O–H groups in total. The Kier molecular flexibility index (Phi) is 5.10. The minimum absolute atomic E-state index is 0.289. The minimum atomic E-state index is -0.868. The fourth-order valence-electron chi connectivity index (χ4n) is 5.17. The van der Waals surface area contributed by atoms with Crippen LogP contribution in [-0.4, -0.2) is 29.4 Å². The molecule has 0 bridgehead atoms. The van der Waals surface area contributed by atoms with Crippen molar-refractivity contribution >= 4 is 10.9 Å². The van der Waals surface area contributed by atoms with Gasteiger partial charge in [-0.2, -0.15) is 0 Å². The van der Waals surface area contributed by atoms with Gasteiger partial charge in [-0.1, -0.05) is 23.8 Å². The molecule has 35 heavy (non-hydrogen) atoms. The molecule has 0 fully saturated rings. The van der Waals surface area contributed by atoms with E-state index in [9.17, 15) is 19.2 Å². The van der Waals surface area contributed by atoms with Crippen LogP contribution in [0.25, 0.3) is 22.2 Å². The summed E-state index contributed by atoms with van der Waals surface area (Å²) in [5.74, 6) is 0. The Bertz CT molecular complexity index is 1780. The molecule has 1 atom stereocenters. The normalized spacial score (nSPS) is 15.5. The SMILES string of the molecule is Cc1cccc(-c2c3c(=O)n(C)c(=O)n(C)c3c3n2CCO[C@@H]3c2c(C)n(C)c(=O)n(C)c2=O)c1. The number of ether oxygens (including phenoxy) is 1. The maximum absolute atomic E-state index is 13.5. The van der Waals surface area contributed by atoms with Crippen molar-refractivity contribution in [3.63, 3.8) is 0 Å². The second-order valence-corrected chi connectivity index (χ2v) is 9.14. The first kappa shape index (κ1) is 22.9. The first-order chi connectivity index (χ1) is 16.6. The van der Waals surface area contributed by atoms with Crippen molar-refractivity contribution in [3.05, 3.63) is 88.5 Å². The van der Waals surface area contributed by atoms with Gasteiger partial charge in [-0.15, -0.1) is 0 Å². The zero-order valence-electron chi connectivity index (χ0n) is 20.6. The van der Waals surface area contributed by atoms with Crippen molar-refractivity contribution in [3.8, 4) is 11.3 Å². The predicted molar refractivity (Wildman–Crippen MR) is 132 cm³/mol. The highest BCUT2D eigenvalue weighted by molar-refractivity contribution is 5.96. The lowest BCUT2D eigenvalue weighted by molar-refractivity contribution is 0.0458. The van der Waals surface area contributed by atoms with Crippen LogP contribution in [0.4, 0.5) is 0 Å². The number of aryl methyl sites for hydroxylation is 2. The van der Waals surface area contributed by atoms with Gasteiger partial charge in [0.1, 0.15) is 6.10 Å². The van der Waals surface area contributed by atoms with Crippen molar-refractivity contribution in [2.75, 3.05) is 6.61 Å². The molecule has 0 unspecified atom stereocenters. The van der Waals surface area contributed by atoms with Gasteiger partial charge < -0.3 is 13.9 Å². The van der Waals surface area contributed by atoms with Gasteiger partial charge in [0.25, 0.3) is 11.1 Å². The van der Waals surface area contributed by atoms with Crippen molar-refractivity contribution in [1.82, 2.24) is 22.8 Å². The molecule has 4 heterocycles. The average Bonchev–Trinajstić information content (AvgIpc) is 3.20. The Labute approximate surface area is 199 Å². The zero-order valence-corrected chi connectivity index (χ0v) is 20.6. The summed E-state index contributed by atoms with van der Waals surface area (Å²) in [7, 11) is 6.10. The number of rotatable bonds is 2. The zero-order chi connectivity index (χ0) is 25.3. The Morgan fingerprint density at radius 1 is 0.857 bits per heavy atom. The Hall–Kier alpha value is -3.92. The van der Waals surface area contributed by atoms with Gasteiger partial charge in [0.05, 0.1) is 34.5 Å². The van der Waals surface area contributed by atoms with Gasteiger partial charge in [0.15, 0.2) is 0 Å². The number of aromatic nitrogens is 5. The molecular formula is C25H27N5O5. The summed E-state index contributed by atoms with van der Waals surface area (Å²) in [6, 6.07) is 7.82. The molecule has 182 valence electrons. The average molecular weight is 478 g/mol. The van der Waals surface area contributed by atoms with E-state index in [2.05, 4.69) is 0 Å². The molecule has 3 aromatic heterocycles. The van der Waals surface area contributed by atoms with Gasteiger partial charge in [0.2, 0.25) is 0 Å². The third kappa shape index (κ3) is 3.06. The first-order valence-electron chi connectivity index (χ1n) is 11.3. The molecule has 1 aromatic carbocycles. The molecule has 0 spiro atoms. The van der Waals surface area contributed by atoms with Gasteiger partial charge in [0, 0.05) is 40.4 Å². The number of nitrogens with zero attached hydrogens (tertiary/aromatic N) is 5. The highest BCUT2D eigenvalue weighted by Gasteiger charge is 2.36. The molecule has 0 amide bonds. The van der Waals surface area contributed by atoms with Crippen molar-refractivity contribution in [2.45, 2.75) is 26.5 Å². The second kappa shape index (κ2) is 7.81. The maximum atomic E-state index is 13.5. The van der Waals surface area contributed by atoms with Crippen molar-refractivity contribution < 1.29 is 4.74 Å². The summed E-state index contributed by atoms with van der Waals surface area (Å²) in [4.78, 5) is 52.3. The standard InChI is InChI=1S/C25H27N5O5/c1-13-8-7-9-15(12-13)18-17-19(27(4)25(34)29(6)23(17)32)20-21(35-11-10-30(18)20)16-14(2)26(3)24(33)28(5)22(16)31/h7-9,12,21H,10-11H2,1-6H3/t21-/m1/s1. The highest BCUT2D eigenvalue weighted by Crippen LogP contribution is 2.40. The third-order valence-electron chi connectivity index (χ3n) is 7.11. The van der Waals surface area contributed by atoms with Crippen LogP contribution in [0.1, 0.15) is 28.6 Å². The van der Waals surface area contributed by atoms with E-state index >= 15 is 0 Å². The third-order valence-corrected chi connectivity index (χ3v) is 7.11. The molecule has 0 aliphatic carbocycles. The summed E-state index contributed by atoms with van der Waals surface area (Å²) in [6.07, 6.45) is -0.868. The molecule has 4 aromatic rings. The van der Waals surface area contributed by atoms with Crippen LogP contribution in [0, 0.1) is 13.8 Å². The summed E-state index contributed by atoms with van der Waals surface area (Å²) in [5.41, 5.74) is 2.51. The molecule has 10 heteroatoms. The predicted octanol–water partition coefficient (Wildman–Crippen LogP) is 0.840. The summed E-state index contributed by atoms with van der Waals surface area (Å²) < 4.78 is 13.1. The quantitative estimate of drug-likeness (QED) is 0.426. The van der Waals surface area contributed by atoms with E-state index in [0.717, 1.165) is 20.3 Å². The molecule has 0 saturated heterocycles. The summed E-state index contributed by atoms with van der Waals surface area (Å²) in [6.45, 7) is 4.40. The topological polar surface area (TPSA) is 102 Å². The maximum Gasteiger partial charge on any atom is 0.331 e. The van der Waals surface area contributed by atoms with Crippen LogP contribution in [0.2, 0.25) is 0 Å². The summed E-state index contributed by atoms with van der Waals surface area (Å²) in [5, 5.41) is 0.394. The van der Waals surface area contributed by atoms with E-state index in [1.54, 1.807) is 21.0 Å². The monoisotopic (exact) mass is 477 g/mol. The molecule has 0 saturated carbocycles. The lowest BCUT2D eigenvalue weighted by atomic mass is 10.0. The fourth-order valence-corrected chi connectivity index (χ4v) is 5.17. The van der Waals surface area contributed by atoms with Crippen LogP contribution < -0.4 is 22.5 Å². The fraction of sp³-hybridized carbons (Fsp3) is 0.360. The Balaban J connectivity index is 2.00. The van der Waals surface area contributed by atoms with Crippen molar-refractivity contribution in [1.29, 1.82) is 0 Å². The van der Waals surface area contributed by atoms with Crippen LogP contribution in [0.5, 0.6) is 0 Å². The van der Waals surface area contributed by atoms with Gasteiger partial charge in [-0.3, -0.25) is 23.3 Å². The van der Waals surface area contributed by atoms with E-state index in [-0.39, 0.29) is 6.61 Å². The number of fused-ring (bicyclic) bond motifs is 3. The van der Waals surface area contributed by atoms with Crippen LogP contribution in [0.3, 0.4) is 0 Å². The van der Waals surface area contributed by atoms with Gasteiger partial charge in [-0.25, -0.2) is 9.59 Å². The van der Waals surface area contributed by atoms with Crippen molar-refractivity contribution in [2.24, 2.45) is 28.2 Å². The molecule has 1 aliphatic heterocycles. The van der Waals surface area contributed by atoms with Gasteiger partial charge in [-0.05, 0) is 25.5 Å². The van der Waals surface area contributed by atoms with E-state index in [4.69, 9.17) is 4.74 Å².